The number of pyridine rings is 2. The van der Waals surface area contributed by atoms with Crippen molar-refractivity contribution in [3.8, 4) is 34.6 Å². The van der Waals surface area contributed by atoms with Crippen molar-refractivity contribution < 1.29 is 38.7 Å². The number of rotatable bonds is 17. The van der Waals surface area contributed by atoms with Crippen molar-refractivity contribution in [2.24, 2.45) is 11.8 Å². The lowest BCUT2D eigenvalue weighted by molar-refractivity contribution is -0.142. The third-order valence-corrected chi connectivity index (χ3v) is 11.5. The highest BCUT2D eigenvalue weighted by Gasteiger charge is 2.31. The molecule has 2 saturated carbocycles. The summed E-state index contributed by atoms with van der Waals surface area (Å²) in [5.41, 5.74) is 7.65. The van der Waals surface area contributed by atoms with Gasteiger partial charge < -0.3 is 39.8 Å². The van der Waals surface area contributed by atoms with Gasteiger partial charge in [-0.15, -0.1) is 0 Å². The van der Waals surface area contributed by atoms with Crippen LogP contribution >= 0.6 is 23.2 Å². The Hall–Kier alpha value is -4.62. The van der Waals surface area contributed by atoms with Crippen LogP contribution in [0.5, 0.6) is 23.5 Å². The first-order valence-electron chi connectivity index (χ1n) is 18.8. The van der Waals surface area contributed by atoms with Gasteiger partial charge in [0, 0.05) is 36.3 Å². The van der Waals surface area contributed by atoms with Crippen molar-refractivity contribution in [1.29, 1.82) is 0 Å². The molecule has 2 aliphatic carbocycles. The normalized spacial score (nSPS) is 19.2. The highest BCUT2D eigenvalue weighted by Crippen LogP contribution is 2.35. The summed E-state index contributed by atoms with van der Waals surface area (Å²) in [6.45, 7) is 5.46. The smallest absolute Gasteiger partial charge is 0.306 e. The molecule has 298 valence electrons. The fourth-order valence-electron chi connectivity index (χ4n) is 7.64. The molecular formula is C42H48Cl2N4O8. The molecule has 6 rings (SSSR count). The summed E-state index contributed by atoms with van der Waals surface area (Å²) in [4.78, 5) is 31.8. The van der Waals surface area contributed by atoms with E-state index in [4.69, 9.17) is 42.1 Å². The van der Waals surface area contributed by atoms with Crippen LogP contribution in [0.25, 0.3) is 11.1 Å². The number of methoxy groups -OCH3 is 2. The maximum Gasteiger partial charge on any atom is 0.306 e. The summed E-state index contributed by atoms with van der Waals surface area (Å²) in [5.74, 6) is -0.827. The average molecular weight is 808 g/mol. The topological polar surface area (TPSA) is 161 Å². The Bertz CT molecular complexity index is 1920. The number of halogens is 2. The van der Waals surface area contributed by atoms with Gasteiger partial charge in [0.1, 0.15) is 23.3 Å². The van der Waals surface area contributed by atoms with Crippen molar-refractivity contribution in [2.75, 3.05) is 14.2 Å². The first-order chi connectivity index (χ1) is 26.9. The van der Waals surface area contributed by atoms with Gasteiger partial charge in [0.2, 0.25) is 23.5 Å². The lowest BCUT2D eigenvalue weighted by atomic mass is 9.92. The third-order valence-electron chi connectivity index (χ3n) is 11.0. The van der Waals surface area contributed by atoms with E-state index in [0.29, 0.717) is 60.6 Å². The minimum Gasteiger partial charge on any atom is -0.481 e. The van der Waals surface area contributed by atoms with Crippen LogP contribution in [0.3, 0.4) is 0 Å². The number of aliphatic carboxylic acids is 2. The molecule has 14 heteroatoms. The van der Waals surface area contributed by atoms with Gasteiger partial charge >= 0.3 is 11.9 Å². The highest BCUT2D eigenvalue weighted by molar-refractivity contribution is 6.32. The van der Waals surface area contributed by atoms with Crippen molar-refractivity contribution >= 4 is 35.1 Å². The number of carboxylic acids is 2. The number of nitrogens with one attached hydrogen (secondary N) is 2. The van der Waals surface area contributed by atoms with E-state index in [2.05, 4.69) is 46.6 Å². The lowest BCUT2D eigenvalue weighted by Gasteiger charge is -2.18. The molecule has 0 aliphatic heterocycles. The summed E-state index contributed by atoms with van der Waals surface area (Å²) in [5, 5.41) is 26.2. The quantitative estimate of drug-likeness (QED) is 0.0817. The summed E-state index contributed by atoms with van der Waals surface area (Å²) in [7, 11) is 3.09. The predicted molar refractivity (Wildman–Crippen MR) is 213 cm³/mol. The van der Waals surface area contributed by atoms with Gasteiger partial charge in [-0.3, -0.25) is 9.59 Å². The molecule has 2 heterocycles. The van der Waals surface area contributed by atoms with Crippen LogP contribution in [0, 0.1) is 25.7 Å². The molecular weight excluding hydrogens is 759 g/mol. The first-order valence-corrected chi connectivity index (χ1v) is 19.5. The van der Waals surface area contributed by atoms with E-state index in [0.717, 1.165) is 57.3 Å². The fraction of sp³-hybridized carbons (Fsp3) is 0.429. The molecule has 0 spiro atoms. The summed E-state index contributed by atoms with van der Waals surface area (Å²) in [6.07, 6.45) is 4.10. The Balaban J connectivity index is 1.10. The lowest BCUT2D eigenvalue weighted by Crippen LogP contribution is -2.27. The number of nitrogens with zero attached hydrogens (tertiary/aromatic N) is 2. The first kappa shape index (κ1) is 41.0. The summed E-state index contributed by atoms with van der Waals surface area (Å²) < 4.78 is 23.5. The van der Waals surface area contributed by atoms with E-state index >= 15 is 0 Å². The van der Waals surface area contributed by atoms with E-state index in [1.54, 1.807) is 26.4 Å². The van der Waals surface area contributed by atoms with Crippen molar-refractivity contribution in [3.63, 3.8) is 0 Å². The minimum absolute atomic E-state index is 0.105. The highest BCUT2D eigenvalue weighted by atomic mass is 35.5. The predicted octanol–water partition coefficient (Wildman–Crippen LogP) is 7.93. The van der Waals surface area contributed by atoms with Crippen LogP contribution in [0.15, 0.2) is 48.5 Å². The number of ether oxygens (including phenoxy) is 4. The van der Waals surface area contributed by atoms with Crippen LogP contribution < -0.4 is 29.6 Å². The van der Waals surface area contributed by atoms with E-state index in [9.17, 15) is 19.8 Å². The molecule has 0 amide bonds. The zero-order chi connectivity index (χ0) is 39.9. The average Bonchev–Trinajstić information content (AvgIpc) is 3.87. The number of carboxylic acid groups (broad SMARTS) is 2. The number of aromatic nitrogens is 2. The van der Waals surface area contributed by atoms with Crippen molar-refractivity contribution in [2.45, 2.75) is 90.8 Å². The van der Waals surface area contributed by atoms with Gasteiger partial charge in [-0.25, -0.2) is 0 Å². The van der Waals surface area contributed by atoms with Crippen molar-refractivity contribution in [3.05, 3.63) is 92.0 Å². The standard InChI is InChI=1S/C42H48Cl2N4O8/c1-23-27(21-55-39-35(43)17-29(37(47-39)53-3)19-45-31-13-11-25(15-31)41(49)50)7-5-9-33(23)34-10-6-8-28(24(34)2)22-56-40-36(44)18-30(38(48-40)54-4)20-46-32-14-12-26(16-32)42(51)52/h5-10,17-18,25-26,31-32,45-46H,11-16,19-22H2,1-4H3,(H,49,50)(H,51,52)/t25-,26-,31+,32+/m0/s1. The molecule has 56 heavy (non-hydrogen) atoms. The molecule has 2 aromatic heterocycles. The molecule has 0 bridgehead atoms. The number of carbonyl (C=O) groups is 2. The Morgan fingerprint density at radius 2 is 1.07 bits per heavy atom. The van der Waals surface area contributed by atoms with Gasteiger partial charge in [-0.05, 0) is 97.9 Å². The van der Waals surface area contributed by atoms with Crippen LogP contribution in [0.1, 0.15) is 71.9 Å². The Morgan fingerprint density at radius 1 is 0.661 bits per heavy atom. The largest absolute Gasteiger partial charge is 0.481 e. The van der Waals surface area contributed by atoms with Crippen LogP contribution in [0.4, 0.5) is 0 Å². The summed E-state index contributed by atoms with van der Waals surface area (Å²) in [6, 6.07) is 15.9. The van der Waals surface area contributed by atoms with Gasteiger partial charge in [-0.1, -0.05) is 59.6 Å². The second kappa shape index (κ2) is 18.5. The molecule has 2 fully saturated rings. The van der Waals surface area contributed by atoms with Gasteiger partial charge in [0.15, 0.2) is 0 Å². The summed E-state index contributed by atoms with van der Waals surface area (Å²) >= 11 is 13.3. The maximum absolute atomic E-state index is 11.4. The van der Waals surface area contributed by atoms with E-state index in [-0.39, 0.29) is 48.9 Å². The van der Waals surface area contributed by atoms with Gasteiger partial charge in [0.05, 0.1) is 26.1 Å². The van der Waals surface area contributed by atoms with Gasteiger partial charge in [0.25, 0.3) is 0 Å². The molecule has 2 aliphatic rings. The molecule has 0 saturated heterocycles. The van der Waals surface area contributed by atoms with E-state index in [1.807, 2.05) is 24.3 Å². The zero-order valence-electron chi connectivity index (χ0n) is 32.0. The number of hydrogen-bond acceptors (Lipinski definition) is 10. The van der Waals surface area contributed by atoms with E-state index < -0.39 is 11.9 Å². The van der Waals surface area contributed by atoms with Crippen LogP contribution in [-0.4, -0.2) is 58.4 Å². The number of hydrogen-bond donors (Lipinski definition) is 4. The zero-order valence-corrected chi connectivity index (χ0v) is 33.5. The Kier molecular flexibility index (Phi) is 13.6. The second-order valence-corrected chi connectivity index (χ2v) is 15.3. The molecule has 0 unspecified atom stereocenters. The fourth-order valence-corrected chi connectivity index (χ4v) is 8.10. The van der Waals surface area contributed by atoms with Crippen LogP contribution in [0.2, 0.25) is 10.0 Å². The Morgan fingerprint density at radius 3 is 1.43 bits per heavy atom. The maximum atomic E-state index is 11.4. The van der Waals surface area contributed by atoms with Crippen LogP contribution in [-0.2, 0) is 35.9 Å². The molecule has 2 aromatic carbocycles. The molecule has 4 aromatic rings. The SMILES string of the molecule is COc1nc(OCc2cccc(-c3cccc(COc4nc(OC)c(CN[C@@H]5CC[C@H](C(=O)O)C5)cc4Cl)c3C)c2C)c(Cl)cc1CN[C@@H]1CC[C@H](C(=O)O)C1. The minimum atomic E-state index is -0.749. The monoisotopic (exact) mass is 806 g/mol. The third kappa shape index (κ3) is 9.66. The van der Waals surface area contributed by atoms with E-state index in [1.165, 1.54) is 0 Å². The number of benzene rings is 2. The molecule has 4 atom stereocenters. The molecule has 4 N–H and O–H groups in total. The van der Waals surface area contributed by atoms with Crippen molar-refractivity contribution in [1.82, 2.24) is 20.6 Å². The Labute approximate surface area is 336 Å². The van der Waals surface area contributed by atoms with Gasteiger partial charge in [-0.2, -0.15) is 9.97 Å². The molecule has 12 nitrogen and oxygen atoms in total. The molecule has 0 radical (unpaired) electrons. The second-order valence-electron chi connectivity index (χ2n) is 14.5.